The molecular formula is C16H23ClN2S. The first-order valence-corrected chi connectivity index (χ1v) is 8.25. The molecule has 3 N–H and O–H groups in total. The summed E-state index contributed by atoms with van der Waals surface area (Å²) in [6, 6.07) is 6.29. The Labute approximate surface area is 132 Å². The van der Waals surface area contributed by atoms with Crippen molar-refractivity contribution in [1.82, 2.24) is 0 Å². The fourth-order valence-electron chi connectivity index (χ4n) is 3.12. The summed E-state index contributed by atoms with van der Waals surface area (Å²) in [5.74, 6) is 0.910. The highest BCUT2D eigenvalue weighted by atomic mass is 35.5. The second-order valence-corrected chi connectivity index (χ2v) is 6.52. The second-order valence-electron chi connectivity index (χ2n) is 5.68. The normalized spacial score (nSPS) is 22.5. The summed E-state index contributed by atoms with van der Waals surface area (Å²) < 4.78 is 0. The van der Waals surface area contributed by atoms with Crippen LogP contribution in [0.25, 0.3) is 0 Å². The van der Waals surface area contributed by atoms with Crippen molar-refractivity contribution in [3.05, 3.63) is 28.8 Å². The van der Waals surface area contributed by atoms with Gasteiger partial charge in [0.2, 0.25) is 0 Å². The highest BCUT2D eigenvalue weighted by molar-refractivity contribution is 7.80. The zero-order valence-electron chi connectivity index (χ0n) is 12.0. The van der Waals surface area contributed by atoms with E-state index in [0.29, 0.717) is 16.1 Å². The Morgan fingerprint density at radius 3 is 2.65 bits per heavy atom. The van der Waals surface area contributed by atoms with Gasteiger partial charge in [0.1, 0.15) is 4.99 Å². The number of rotatable bonds is 5. The summed E-state index contributed by atoms with van der Waals surface area (Å²) in [7, 11) is 0. The Balaban J connectivity index is 2.01. The second kappa shape index (κ2) is 7.28. The van der Waals surface area contributed by atoms with Gasteiger partial charge in [0.05, 0.1) is 10.6 Å². The lowest BCUT2D eigenvalue weighted by Crippen LogP contribution is -2.27. The molecule has 0 amide bonds. The van der Waals surface area contributed by atoms with Gasteiger partial charge in [-0.15, -0.1) is 0 Å². The number of nitrogens with one attached hydrogen (secondary N) is 1. The maximum Gasteiger partial charge on any atom is 0.107 e. The number of nitrogens with two attached hydrogens (primary N) is 1. The first-order chi connectivity index (χ1) is 9.61. The number of halogens is 1. The zero-order chi connectivity index (χ0) is 14.5. The number of benzene rings is 1. The molecule has 4 heteroatoms. The predicted molar refractivity (Wildman–Crippen MR) is 91.6 cm³/mol. The molecule has 1 aliphatic carbocycles. The molecule has 2 rings (SSSR count). The summed E-state index contributed by atoms with van der Waals surface area (Å²) in [5, 5.41) is 4.21. The first kappa shape index (κ1) is 15.6. The molecule has 1 aromatic carbocycles. The van der Waals surface area contributed by atoms with E-state index in [0.717, 1.165) is 17.2 Å². The van der Waals surface area contributed by atoms with Gasteiger partial charge in [0.25, 0.3) is 0 Å². The Hall–Kier alpha value is -0.800. The topological polar surface area (TPSA) is 38.0 Å². The van der Waals surface area contributed by atoms with Gasteiger partial charge in [0, 0.05) is 11.7 Å². The van der Waals surface area contributed by atoms with E-state index in [1.807, 2.05) is 18.2 Å². The standard InChI is InChI=1S/C16H23ClN2S/c1-2-4-11-7-9-12(10-8-11)19-14-6-3-5-13(17)15(14)16(18)20/h3,5-6,11-12,19H,2,4,7-10H2,1H3,(H2,18,20). The highest BCUT2D eigenvalue weighted by Gasteiger charge is 2.21. The van der Waals surface area contributed by atoms with Crippen molar-refractivity contribution < 1.29 is 0 Å². The summed E-state index contributed by atoms with van der Waals surface area (Å²) in [5.41, 5.74) is 7.54. The van der Waals surface area contributed by atoms with Crippen LogP contribution < -0.4 is 11.1 Å². The average molecular weight is 311 g/mol. The van der Waals surface area contributed by atoms with Crippen molar-refractivity contribution in [1.29, 1.82) is 0 Å². The summed E-state index contributed by atoms with van der Waals surface area (Å²) in [6.07, 6.45) is 7.72. The molecular weight excluding hydrogens is 288 g/mol. The molecule has 0 bridgehead atoms. The van der Waals surface area contributed by atoms with Crippen molar-refractivity contribution in [3.8, 4) is 0 Å². The maximum absolute atomic E-state index is 6.20. The number of thiocarbonyl (C=S) groups is 1. The lowest BCUT2D eigenvalue weighted by atomic mass is 9.83. The van der Waals surface area contributed by atoms with Gasteiger partial charge in [-0.1, -0.05) is 49.7 Å². The summed E-state index contributed by atoms with van der Waals surface area (Å²) >= 11 is 11.3. The molecule has 0 saturated heterocycles. The zero-order valence-corrected chi connectivity index (χ0v) is 13.6. The third-order valence-electron chi connectivity index (χ3n) is 4.16. The van der Waals surface area contributed by atoms with Crippen LogP contribution in [-0.4, -0.2) is 11.0 Å². The predicted octanol–water partition coefficient (Wildman–Crippen LogP) is 4.75. The Morgan fingerprint density at radius 1 is 1.35 bits per heavy atom. The third kappa shape index (κ3) is 3.86. The van der Waals surface area contributed by atoms with Crippen LogP contribution in [0.1, 0.15) is 51.0 Å². The molecule has 0 radical (unpaired) electrons. The van der Waals surface area contributed by atoms with E-state index < -0.39 is 0 Å². The highest BCUT2D eigenvalue weighted by Crippen LogP contribution is 2.31. The molecule has 0 spiro atoms. The minimum atomic E-state index is 0.359. The van der Waals surface area contributed by atoms with Gasteiger partial charge < -0.3 is 11.1 Å². The molecule has 1 fully saturated rings. The van der Waals surface area contributed by atoms with E-state index in [9.17, 15) is 0 Å². The average Bonchev–Trinajstić information content (AvgIpc) is 2.41. The molecule has 0 atom stereocenters. The van der Waals surface area contributed by atoms with Crippen LogP contribution in [0.3, 0.4) is 0 Å². The Bertz CT molecular complexity index is 468. The quantitative estimate of drug-likeness (QED) is 0.771. The monoisotopic (exact) mass is 310 g/mol. The third-order valence-corrected chi connectivity index (χ3v) is 4.68. The minimum Gasteiger partial charge on any atom is -0.389 e. The van der Waals surface area contributed by atoms with Crippen LogP contribution in [0.4, 0.5) is 5.69 Å². The van der Waals surface area contributed by atoms with Crippen LogP contribution in [-0.2, 0) is 0 Å². The van der Waals surface area contributed by atoms with Crippen molar-refractivity contribution in [3.63, 3.8) is 0 Å². The van der Waals surface area contributed by atoms with E-state index >= 15 is 0 Å². The van der Waals surface area contributed by atoms with Crippen molar-refractivity contribution in [2.24, 2.45) is 11.7 Å². The van der Waals surface area contributed by atoms with Gasteiger partial charge in [-0.25, -0.2) is 0 Å². The summed E-state index contributed by atoms with van der Waals surface area (Å²) in [6.45, 7) is 2.27. The SMILES string of the molecule is CCCC1CCC(Nc2cccc(Cl)c2C(N)=S)CC1. The van der Waals surface area contributed by atoms with Crippen molar-refractivity contribution >= 4 is 34.5 Å². The maximum atomic E-state index is 6.20. The van der Waals surface area contributed by atoms with E-state index in [-0.39, 0.29) is 0 Å². The van der Waals surface area contributed by atoms with Crippen LogP contribution in [0.5, 0.6) is 0 Å². The smallest absolute Gasteiger partial charge is 0.107 e. The molecule has 2 nitrogen and oxygen atoms in total. The fraction of sp³-hybridized carbons (Fsp3) is 0.562. The summed E-state index contributed by atoms with van der Waals surface area (Å²) in [4.78, 5) is 0.359. The van der Waals surface area contributed by atoms with Crippen molar-refractivity contribution in [2.45, 2.75) is 51.5 Å². The Morgan fingerprint density at radius 2 is 2.05 bits per heavy atom. The minimum absolute atomic E-state index is 0.359. The fourth-order valence-corrected chi connectivity index (χ4v) is 3.67. The van der Waals surface area contributed by atoms with Gasteiger partial charge in [-0.2, -0.15) is 0 Å². The van der Waals surface area contributed by atoms with Gasteiger partial charge in [0.15, 0.2) is 0 Å². The first-order valence-electron chi connectivity index (χ1n) is 7.46. The van der Waals surface area contributed by atoms with Crippen LogP contribution in [0, 0.1) is 5.92 Å². The largest absolute Gasteiger partial charge is 0.389 e. The van der Waals surface area contributed by atoms with E-state index in [1.165, 1.54) is 38.5 Å². The molecule has 110 valence electrons. The molecule has 1 saturated carbocycles. The van der Waals surface area contributed by atoms with E-state index in [2.05, 4.69) is 12.2 Å². The molecule has 0 aromatic heterocycles. The van der Waals surface area contributed by atoms with Crippen LogP contribution in [0.2, 0.25) is 5.02 Å². The number of hydrogen-bond donors (Lipinski definition) is 2. The van der Waals surface area contributed by atoms with Gasteiger partial charge in [-0.05, 0) is 43.7 Å². The van der Waals surface area contributed by atoms with Gasteiger partial charge >= 0.3 is 0 Å². The Kier molecular flexibility index (Phi) is 5.67. The van der Waals surface area contributed by atoms with E-state index in [4.69, 9.17) is 29.6 Å². The molecule has 1 aromatic rings. The molecule has 0 heterocycles. The number of hydrogen-bond acceptors (Lipinski definition) is 2. The number of anilines is 1. The van der Waals surface area contributed by atoms with Crippen LogP contribution >= 0.6 is 23.8 Å². The lowest BCUT2D eigenvalue weighted by Gasteiger charge is -2.30. The van der Waals surface area contributed by atoms with Crippen molar-refractivity contribution in [2.75, 3.05) is 5.32 Å². The lowest BCUT2D eigenvalue weighted by molar-refractivity contribution is 0.319. The molecule has 0 aliphatic heterocycles. The van der Waals surface area contributed by atoms with Gasteiger partial charge in [-0.3, -0.25) is 0 Å². The van der Waals surface area contributed by atoms with Crippen LogP contribution in [0.15, 0.2) is 18.2 Å². The molecule has 20 heavy (non-hydrogen) atoms. The molecule has 0 unspecified atom stereocenters. The molecule has 1 aliphatic rings. The van der Waals surface area contributed by atoms with E-state index in [1.54, 1.807) is 0 Å².